The van der Waals surface area contributed by atoms with Gasteiger partial charge in [0, 0.05) is 18.3 Å². The van der Waals surface area contributed by atoms with Gasteiger partial charge in [0.2, 0.25) is 0 Å². The second-order valence-corrected chi connectivity index (χ2v) is 6.26. The Morgan fingerprint density at radius 3 is 2.67 bits per heavy atom. The molecule has 3 nitrogen and oxygen atoms in total. The average Bonchev–Trinajstić information content (AvgIpc) is 2.80. The number of carbonyl (C=O) groups excluding carboxylic acids is 1. The lowest BCUT2D eigenvalue weighted by Gasteiger charge is -2.22. The maximum atomic E-state index is 12.6. The largest absolute Gasteiger partial charge is 0.385 e. The molecule has 1 aliphatic carbocycles. The first kappa shape index (κ1) is 15.9. The fourth-order valence-corrected chi connectivity index (χ4v) is 3.47. The van der Waals surface area contributed by atoms with E-state index in [0.717, 1.165) is 30.1 Å². The quantitative estimate of drug-likeness (QED) is 0.860. The summed E-state index contributed by atoms with van der Waals surface area (Å²) in [5, 5.41) is 6.54. The van der Waals surface area contributed by atoms with Crippen LogP contribution in [0.5, 0.6) is 0 Å². The number of hydrogen-bond donors (Lipinski definition) is 2. The number of benzene rings is 1. The number of hydrogen-bond acceptors (Lipinski definition) is 2. The van der Waals surface area contributed by atoms with Crippen LogP contribution in [0.15, 0.2) is 18.2 Å². The molecule has 0 saturated heterocycles. The minimum Gasteiger partial charge on any atom is -0.385 e. The van der Waals surface area contributed by atoms with E-state index >= 15 is 0 Å². The zero-order valence-corrected chi connectivity index (χ0v) is 13.7. The Labute approximate surface area is 128 Å². The molecule has 0 aromatic heterocycles. The van der Waals surface area contributed by atoms with E-state index in [2.05, 4.69) is 31.4 Å². The molecule has 1 fully saturated rings. The molecule has 3 heteroatoms. The van der Waals surface area contributed by atoms with E-state index in [1.807, 2.05) is 25.1 Å². The molecule has 0 heterocycles. The van der Waals surface area contributed by atoms with Crippen molar-refractivity contribution in [2.75, 3.05) is 11.9 Å². The molecule has 116 valence electrons. The van der Waals surface area contributed by atoms with Crippen molar-refractivity contribution in [2.24, 2.45) is 11.8 Å². The molecule has 1 aliphatic rings. The van der Waals surface area contributed by atoms with Gasteiger partial charge in [0.05, 0.1) is 5.56 Å². The number of aryl methyl sites for hydroxylation is 1. The molecule has 0 spiro atoms. The molecular formula is C18H28N2O. The standard InChI is InChI=1S/C18H28N2O/c1-5-14-8-10-16(13(14)4)20-18(21)15-9-7-12(3)11-17(15)19-6-2/h7,9,11,13-14,16,19H,5-6,8,10H2,1-4H3,(H,20,21). The van der Waals surface area contributed by atoms with E-state index in [-0.39, 0.29) is 5.91 Å². The van der Waals surface area contributed by atoms with Gasteiger partial charge in [0.1, 0.15) is 0 Å². The Kier molecular flexibility index (Phi) is 5.27. The molecule has 2 N–H and O–H groups in total. The number of anilines is 1. The zero-order valence-electron chi connectivity index (χ0n) is 13.7. The van der Waals surface area contributed by atoms with Crippen molar-refractivity contribution >= 4 is 11.6 Å². The molecule has 3 unspecified atom stereocenters. The smallest absolute Gasteiger partial charge is 0.253 e. The van der Waals surface area contributed by atoms with Crippen molar-refractivity contribution in [2.45, 2.75) is 53.0 Å². The van der Waals surface area contributed by atoms with Crippen LogP contribution in [0.4, 0.5) is 5.69 Å². The summed E-state index contributed by atoms with van der Waals surface area (Å²) in [6, 6.07) is 6.30. The van der Waals surface area contributed by atoms with Gasteiger partial charge >= 0.3 is 0 Å². The fraction of sp³-hybridized carbons (Fsp3) is 0.611. The highest BCUT2D eigenvalue weighted by Crippen LogP contribution is 2.34. The van der Waals surface area contributed by atoms with Crippen LogP contribution < -0.4 is 10.6 Å². The van der Waals surface area contributed by atoms with Crippen molar-refractivity contribution in [1.82, 2.24) is 5.32 Å². The zero-order chi connectivity index (χ0) is 15.4. The first-order chi connectivity index (χ1) is 10.1. The predicted octanol–water partition coefficient (Wildman–Crippen LogP) is 3.98. The van der Waals surface area contributed by atoms with Gasteiger partial charge in [-0.05, 0) is 56.2 Å². The number of rotatable bonds is 5. The number of nitrogens with one attached hydrogen (secondary N) is 2. The van der Waals surface area contributed by atoms with E-state index in [9.17, 15) is 4.79 Å². The molecule has 1 amide bonds. The molecule has 1 aromatic carbocycles. The highest BCUT2D eigenvalue weighted by atomic mass is 16.1. The van der Waals surface area contributed by atoms with E-state index in [0.29, 0.717) is 12.0 Å². The maximum absolute atomic E-state index is 12.6. The Bertz CT molecular complexity index is 498. The van der Waals surface area contributed by atoms with E-state index < -0.39 is 0 Å². The molecule has 1 aromatic rings. The third-order valence-electron chi connectivity index (χ3n) is 4.85. The van der Waals surface area contributed by atoms with Crippen molar-refractivity contribution < 1.29 is 4.79 Å². The molecule has 21 heavy (non-hydrogen) atoms. The van der Waals surface area contributed by atoms with Crippen molar-refractivity contribution in [3.63, 3.8) is 0 Å². The van der Waals surface area contributed by atoms with Crippen LogP contribution in [0, 0.1) is 18.8 Å². The monoisotopic (exact) mass is 288 g/mol. The van der Waals surface area contributed by atoms with Crippen LogP contribution in [0.3, 0.4) is 0 Å². The van der Waals surface area contributed by atoms with Gasteiger partial charge in [-0.25, -0.2) is 0 Å². The summed E-state index contributed by atoms with van der Waals surface area (Å²) in [6.07, 6.45) is 3.55. The van der Waals surface area contributed by atoms with Crippen LogP contribution in [0.1, 0.15) is 56.0 Å². The summed E-state index contributed by atoms with van der Waals surface area (Å²) >= 11 is 0. The van der Waals surface area contributed by atoms with Crippen LogP contribution in [0.2, 0.25) is 0 Å². The maximum Gasteiger partial charge on any atom is 0.253 e. The van der Waals surface area contributed by atoms with E-state index in [4.69, 9.17) is 0 Å². The molecule has 0 radical (unpaired) electrons. The molecular weight excluding hydrogens is 260 g/mol. The third-order valence-corrected chi connectivity index (χ3v) is 4.85. The van der Waals surface area contributed by atoms with Gasteiger partial charge in [0.15, 0.2) is 0 Å². The summed E-state index contributed by atoms with van der Waals surface area (Å²) in [5.41, 5.74) is 2.87. The van der Waals surface area contributed by atoms with E-state index in [1.54, 1.807) is 0 Å². The van der Waals surface area contributed by atoms with Gasteiger partial charge in [-0.1, -0.05) is 26.3 Å². The van der Waals surface area contributed by atoms with Gasteiger partial charge in [-0.3, -0.25) is 4.79 Å². The second-order valence-electron chi connectivity index (χ2n) is 6.26. The Morgan fingerprint density at radius 1 is 1.29 bits per heavy atom. The van der Waals surface area contributed by atoms with Crippen LogP contribution in [-0.2, 0) is 0 Å². The van der Waals surface area contributed by atoms with Crippen molar-refractivity contribution in [3.8, 4) is 0 Å². The lowest BCUT2D eigenvalue weighted by Crippen LogP contribution is -2.37. The topological polar surface area (TPSA) is 41.1 Å². The molecule has 0 bridgehead atoms. The minimum atomic E-state index is 0.0551. The summed E-state index contributed by atoms with van der Waals surface area (Å²) in [7, 11) is 0. The second kappa shape index (κ2) is 6.97. The Hall–Kier alpha value is -1.51. The SMILES string of the molecule is CCNc1cc(C)ccc1C(=O)NC1CCC(CC)C1C. The number of carbonyl (C=O) groups is 1. The minimum absolute atomic E-state index is 0.0551. The molecule has 3 atom stereocenters. The molecule has 1 saturated carbocycles. The van der Waals surface area contributed by atoms with Crippen molar-refractivity contribution in [3.05, 3.63) is 29.3 Å². The summed E-state index contributed by atoms with van der Waals surface area (Å²) in [6.45, 7) is 9.44. The lowest BCUT2D eigenvalue weighted by molar-refractivity contribution is 0.0927. The third kappa shape index (κ3) is 3.58. The summed E-state index contributed by atoms with van der Waals surface area (Å²) in [4.78, 5) is 12.6. The van der Waals surface area contributed by atoms with Gasteiger partial charge in [-0.15, -0.1) is 0 Å². The highest BCUT2D eigenvalue weighted by Gasteiger charge is 2.32. The number of amides is 1. The summed E-state index contributed by atoms with van der Waals surface area (Å²) in [5.74, 6) is 1.38. The van der Waals surface area contributed by atoms with Gasteiger partial charge < -0.3 is 10.6 Å². The highest BCUT2D eigenvalue weighted by molar-refractivity contribution is 6.00. The Morgan fingerprint density at radius 2 is 2.05 bits per heavy atom. The van der Waals surface area contributed by atoms with Gasteiger partial charge in [0.25, 0.3) is 5.91 Å². The molecule has 2 rings (SSSR count). The van der Waals surface area contributed by atoms with Crippen LogP contribution in [-0.4, -0.2) is 18.5 Å². The first-order valence-corrected chi connectivity index (χ1v) is 8.22. The normalized spacial score (nSPS) is 24.9. The first-order valence-electron chi connectivity index (χ1n) is 8.22. The Balaban J connectivity index is 2.10. The fourth-order valence-electron chi connectivity index (χ4n) is 3.47. The van der Waals surface area contributed by atoms with Crippen LogP contribution >= 0.6 is 0 Å². The van der Waals surface area contributed by atoms with E-state index in [1.165, 1.54) is 18.4 Å². The lowest BCUT2D eigenvalue weighted by atomic mass is 9.93. The van der Waals surface area contributed by atoms with Gasteiger partial charge in [-0.2, -0.15) is 0 Å². The summed E-state index contributed by atoms with van der Waals surface area (Å²) < 4.78 is 0. The molecule has 0 aliphatic heterocycles. The average molecular weight is 288 g/mol. The van der Waals surface area contributed by atoms with Crippen molar-refractivity contribution in [1.29, 1.82) is 0 Å². The predicted molar refractivity (Wildman–Crippen MR) is 88.8 cm³/mol. The van der Waals surface area contributed by atoms with Crippen LogP contribution in [0.25, 0.3) is 0 Å².